The Labute approximate surface area is 106 Å². The highest BCUT2D eigenvalue weighted by Gasteiger charge is 2.19. The quantitative estimate of drug-likeness (QED) is 0.894. The summed E-state index contributed by atoms with van der Waals surface area (Å²) in [6.07, 6.45) is 3.07. The second-order valence-corrected chi connectivity index (χ2v) is 4.44. The van der Waals surface area contributed by atoms with Crippen LogP contribution in [0.4, 0.5) is 5.95 Å². The van der Waals surface area contributed by atoms with Gasteiger partial charge in [-0.25, -0.2) is 4.98 Å². The number of benzene rings is 1. The van der Waals surface area contributed by atoms with Gasteiger partial charge in [0.05, 0.1) is 5.69 Å². The molecule has 0 amide bonds. The van der Waals surface area contributed by atoms with Gasteiger partial charge in [-0.1, -0.05) is 30.3 Å². The molecule has 2 aromatic rings. The number of hydrogen-bond acceptors (Lipinski definition) is 4. The molecule has 0 radical (unpaired) electrons. The lowest BCUT2D eigenvalue weighted by Crippen LogP contribution is -2.05. The molecule has 0 spiro atoms. The first kappa shape index (κ1) is 11.0. The van der Waals surface area contributed by atoms with Gasteiger partial charge in [0, 0.05) is 5.56 Å². The average Bonchev–Trinajstić information content (AvgIpc) is 2.85. The molecule has 92 valence electrons. The van der Waals surface area contributed by atoms with E-state index in [9.17, 15) is 0 Å². The van der Waals surface area contributed by atoms with E-state index >= 15 is 0 Å². The summed E-state index contributed by atoms with van der Waals surface area (Å²) in [6.45, 7) is 0.518. The van der Waals surface area contributed by atoms with E-state index in [0.717, 1.165) is 36.1 Å². The Morgan fingerprint density at radius 2 is 1.94 bits per heavy atom. The van der Waals surface area contributed by atoms with Crippen LogP contribution in [0, 0.1) is 0 Å². The smallest absolute Gasteiger partial charge is 0.223 e. The van der Waals surface area contributed by atoms with Crippen molar-refractivity contribution < 1.29 is 4.74 Å². The molecule has 2 N–H and O–H groups in total. The maximum Gasteiger partial charge on any atom is 0.223 e. The van der Waals surface area contributed by atoms with Gasteiger partial charge in [-0.3, -0.25) is 0 Å². The van der Waals surface area contributed by atoms with E-state index in [4.69, 9.17) is 10.5 Å². The van der Waals surface area contributed by atoms with E-state index < -0.39 is 0 Å². The van der Waals surface area contributed by atoms with Gasteiger partial charge in [-0.05, 0) is 24.8 Å². The molecule has 0 aliphatic heterocycles. The zero-order valence-corrected chi connectivity index (χ0v) is 10.1. The minimum atomic E-state index is 0.304. The number of rotatable bonds is 3. The second-order valence-electron chi connectivity index (χ2n) is 4.44. The van der Waals surface area contributed by atoms with Crippen LogP contribution in [0.25, 0.3) is 0 Å². The lowest BCUT2D eigenvalue weighted by molar-refractivity contribution is 0.290. The highest BCUT2D eigenvalue weighted by Crippen LogP contribution is 2.28. The third-order valence-electron chi connectivity index (χ3n) is 3.13. The molecule has 4 heteroatoms. The predicted molar refractivity (Wildman–Crippen MR) is 69.2 cm³/mol. The van der Waals surface area contributed by atoms with Crippen LogP contribution in [0.3, 0.4) is 0 Å². The van der Waals surface area contributed by atoms with Gasteiger partial charge < -0.3 is 10.5 Å². The minimum Gasteiger partial charge on any atom is -0.472 e. The molecule has 1 aliphatic rings. The molecule has 0 saturated carbocycles. The third kappa shape index (κ3) is 2.14. The molecule has 0 bridgehead atoms. The van der Waals surface area contributed by atoms with Crippen molar-refractivity contribution in [3.05, 3.63) is 47.2 Å². The summed E-state index contributed by atoms with van der Waals surface area (Å²) in [5.74, 6) is 0.956. The summed E-state index contributed by atoms with van der Waals surface area (Å²) < 4.78 is 5.78. The topological polar surface area (TPSA) is 61.0 Å². The molecule has 1 aliphatic carbocycles. The van der Waals surface area contributed by atoms with Crippen LogP contribution in [0.15, 0.2) is 30.3 Å². The Morgan fingerprint density at radius 3 is 2.78 bits per heavy atom. The van der Waals surface area contributed by atoms with E-state index in [1.54, 1.807) is 0 Å². The van der Waals surface area contributed by atoms with Crippen molar-refractivity contribution in [2.75, 3.05) is 5.73 Å². The van der Waals surface area contributed by atoms with Gasteiger partial charge in [0.1, 0.15) is 6.61 Å². The van der Waals surface area contributed by atoms with E-state index in [2.05, 4.69) is 9.97 Å². The van der Waals surface area contributed by atoms with Crippen LogP contribution < -0.4 is 10.5 Å². The van der Waals surface area contributed by atoms with Crippen molar-refractivity contribution in [2.45, 2.75) is 25.9 Å². The fourth-order valence-corrected chi connectivity index (χ4v) is 2.26. The summed E-state index contributed by atoms with van der Waals surface area (Å²) >= 11 is 0. The van der Waals surface area contributed by atoms with E-state index in [1.165, 1.54) is 0 Å². The van der Waals surface area contributed by atoms with Crippen LogP contribution in [0.5, 0.6) is 5.88 Å². The standard InChI is InChI=1S/C14H15N3O/c15-14-16-12-8-4-7-11(12)13(17-14)18-9-10-5-2-1-3-6-10/h1-3,5-6H,4,7-9H2,(H2,15,16,17). The Kier molecular flexibility index (Phi) is 2.84. The van der Waals surface area contributed by atoms with Crippen molar-refractivity contribution in [2.24, 2.45) is 0 Å². The molecule has 0 atom stereocenters. The van der Waals surface area contributed by atoms with Gasteiger partial charge >= 0.3 is 0 Å². The maximum absolute atomic E-state index is 5.78. The van der Waals surface area contributed by atoms with Crippen LogP contribution >= 0.6 is 0 Å². The second kappa shape index (κ2) is 4.64. The molecular formula is C14H15N3O. The molecule has 3 rings (SSSR count). The largest absolute Gasteiger partial charge is 0.472 e. The molecule has 18 heavy (non-hydrogen) atoms. The predicted octanol–water partition coefficient (Wildman–Crippen LogP) is 2.13. The highest BCUT2D eigenvalue weighted by molar-refractivity contribution is 5.39. The molecule has 0 saturated heterocycles. The van der Waals surface area contributed by atoms with Crippen LogP contribution in [-0.2, 0) is 19.4 Å². The molecule has 1 heterocycles. The first-order valence-electron chi connectivity index (χ1n) is 6.15. The third-order valence-corrected chi connectivity index (χ3v) is 3.13. The summed E-state index contributed by atoms with van der Waals surface area (Å²) in [6, 6.07) is 10.0. The lowest BCUT2D eigenvalue weighted by atomic mass is 10.2. The lowest BCUT2D eigenvalue weighted by Gasteiger charge is -2.10. The first-order valence-corrected chi connectivity index (χ1v) is 6.15. The number of ether oxygens (including phenoxy) is 1. The summed E-state index contributed by atoms with van der Waals surface area (Å²) in [4.78, 5) is 8.46. The fraction of sp³-hybridized carbons (Fsp3) is 0.286. The fourth-order valence-electron chi connectivity index (χ4n) is 2.26. The van der Waals surface area contributed by atoms with Gasteiger partial charge in [0.15, 0.2) is 0 Å². The highest BCUT2D eigenvalue weighted by atomic mass is 16.5. The molecule has 0 fully saturated rings. The average molecular weight is 241 g/mol. The van der Waals surface area contributed by atoms with Gasteiger partial charge in [-0.2, -0.15) is 4.98 Å². The molecule has 1 aromatic carbocycles. The van der Waals surface area contributed by atoms with E-state index in [-0.39, 0.29) is 0 Å². The van der Waals surface area contributed by atoms with Crippen LogP contribution in [0.1, 0.15) is 23.2 Å². The van der Waals surface area contributed by atoms with Gasteiger partial charge in [0.2, 0.25) is 11.8 Å². The molecule has 4 nitrogen and oxygen atoms in total. The van der Waals surface area contributed by atoms with Crippen LogP contribution in [-0.4, -0.2) is 9.97 Å². The van der Waals surface area contributed by atoms with Gasteiger partial charge in [-0.15, -0.1) is 0 Å². The summed E-state index contributed by atoms with van der Waals surface area (Å²) in [7, 11) is 0. The van der Waals surface area contributed by atoms with Crippen molar-refractivity contribution in [1.29, 1.82) is 0 Å². The molecule has 0 unspecified atom stereocenters. The Bertz CT molecular complexity index is 554. The number of fused-ring (bicyclic) bond motifs is 1. The number of nitrogens with zero attached hydrogens (tertiary/aromatic N) is 2. The van der Waals surface area contributed by atoms with Crippen molar-refractivity contribution >= 4 is 5.95 Å². The number of aromatic nitrogens is 2. The zero-order chi connectivity index (χ0) is 12.4. The number of aryl methyl sites for hydroxylation is 1. The van der Waals surface area contributed by atoms with Crippen molar-refractivity contribution in [3.63, 3.8) is 0 Å². The van der Waals surface area contributed by atoms with Crippen molar-refractivity contribution in [1.82, 2.24) is 9.97 Å². The Balaban J connectivity index is 1.81. The molecular weight excluding hydrogens is 226 g/mol. The SMILES string of the molecule is Nc1nc2c(c(OCc3ccccc3)n1)CCC2. The Hall–Kier alpha value is -2.10. The number of nitrogens with two attached hydrogens (primary N) is 1. The van der Waals surface area contributed by atoms with Crippen LogP contribution in [0.2, 0.25) is 0 Å². The monoisotopic (exact) mass is 241 g/mol. The van der Waals surface area contributed by atoms with E-state index in [0.29, 0.717) is 18.4 Å². The van der Waals surface area contributed by atoms with Gasteiger partial charge in [0.25, 0.3) is 0 Å². The first-order chi connectivity index (χ1) is 8.83. The number of hydrogen-bond donors (Lipinski definition) is 1. The molecule has 1 aromatic heterocycles. The number of anilines is 1. The maximum atomic E-state index is 5.78. The summed E-state index contributed by atoms with van der Waals surface area (Å²) in [5, 5.41) is 0. The normalized spacial score (nSPS) is 13.3. The minimum absolute atomic E-state index is 0.304. The van der Waals surface area contributed by atoms with E-state index in [1.807, 2.05) is 30.3 Å². The van der Waals surface area contributed by atoms with Crippen molar-refractivity contribution in [3.8, 4) is 5.88 Å². The zero-order valence-electron chi connectivity index (χ0n) is 10.1. The number of nitrogen functional groups attached to an aromatic ring is 1. The Morgan fingerprint density at radius 1 is 1.11 bits per heavy atom. The summed E-state index contributed by atoms with van der Waals surface area (Å²) in [5.41, 5.74) is 9.00.